The Bertz CT molecular complexity index is 1190. The van der Waals surface area contributed by atoms with Crippen LogP contribution >= 0.6 is 0 Å². The van der Waals surface area contributed by atoms with Gasteiger partial charge in [-0.1, -0.05) is 24.3 Å². The molecule has 0 spiro atoms. The molecule has 3 aromatic rings. The number of carbonyl (C=O) groups excluding carboxylic acids is 1. The normalized spacial score (nSPS) is 20.8. The first-order valence-corrected chi connectivity index (χ1v) is 11.9. The molecule has 0 N–H and O–H groups in total. The van der Waals surface area contributed by atoms with E-state index in [1.807, 2.05) is 18.3 Å². The number of aldehydes is 1. The second-order valence-electron chi connectivity index (χ2n) is 9.43. The average molecular weight is 463 g/mol. The highest BCUT2D eigenvalue weighted by atomic mass is 19.1. The summed E-state index contributed by atoms with van der Waals surface area (Å²) in [6, 6.07) is 11.5. The number of aromatic nitrogens is 2. The van der Waals surface area contributed by atoms with E-state index in [1.165, 1.54) is 11.6 Å². The second kappa shape index (κ2) is 8.87. The average Bonchev–Trinajstić information content (AvgIpc) is 3.26. The number of benzene rings is 2. The van der Waals surface area contributed by atoms with Crippen molar-refractivity contribution in [3.8, 4) is 5.75 Å². The molecule has 0 radical (unpaired) electrons. The lowest BCUT2D eigenvalue weighted by atomic mass is 9.79. The quantitative estimate of drug-likeness (QED) is 0.534. The molecule has 1 fully saturated rings. The Kier molecular flexibility index (Phi) is 5.90. The van der Waals surface area contributed by atoms with Crippen molar-refractivity contribution in [2.75, 3.05) is 38.2 Å². The number of anilines is 1. The molecule has 34 heavy (non-hydrogen) atoms. The number of hydrogen-bond donors (Lipinski definition) is 0. The molecule has 2 aliphatic heterocycles. The number of piperazine rings is 1. The zero-order valence-corrected chi connectivity index (χ0v) is 20.1. The molecule has 7 heteroatoms. The molecule has 1 atom stereocenters. The van der Waals surface area contributed by atoms with Crippen molar-refractivity contribution in [1.29, 1.82) is 0 Å². The van der Waals surface area contributed by atoms with Crippen molar-refractivity contribution < 1.29 is 13.9 Å². The Hall–Kier alpha value is -3.19. The summed E-state index contributed by atoms with van der Waals surface area (Å²) in [5.41, 5.74) is 4.41. The van der Waals surface area contributed by atoms with E-state index in [0.29, 0.717) is 11.4 Å². The maximum Gasteiger partial charge on any atom is 0.170 e. The smallest absolute Gasteiger partial charge is 0.170 e. The molecule has 1 saturated heterocycles. The number of aryl methyl sites for hydroxylation is 3. The predicted molar refractivity (Wildman–Crippen MR) is 130 cm³/mol. The number of ether oxygens (including phenoxy) is 1. The minimum atomic E-state index is -0.239. The van der Waals surface area contributed by atoms with Gasteiger partial charge in [-0.15, -0.1) is 0 Å². The molecule has 0 aliphatic carbocycles. The number of imidazole rings is 1. The van der Waals surface area contributed by atoms with Crippen molar-refractivity contribution in [1.82, 2.24) is 14.5 Å². The van der Waals surface area contributed by atoms with Crippen LogP contribution in [0.4, 0.5) is 10.1 Å². The number of rotatable bonds is 5. The predicted octanol–water partition coefficient (Wildman–Crippen LogP) is 4.12. The highest BCUT2D eigenvalue weighted by Crippen LogP contribution is 2.42. The third kappa shape index (κ3) is 3.78. The third-order valence-electron chi connectivity index (χ3n) is 7.47. The molecule has 0 bridgehead atoms. The van der Waals surface area contributed by atoms with Gasteiger partial charge in [-0.2, -0.15) is 0 Å². The Labute approximate surface area is 200 Å². The monoisotopic (exact) mass is 462 g/mol. The standard InChI is InChI=1S/C27H31FN4O2/c1-19-14-21(15-20(2)26(19)34-3)27(9-8-25-29-22(17-33)16-31(25)18-27)32-12-10-30(11-13-32)24-7-5-4-6-23(24)28/h4-7,14-17H,8-13,18H2,1-3H3. The molecule has 2 aliphatic rings. The van der Waals surface area contributed by atoms with Crippen LogP contribution in [0.15, 0.2) is 42.6 Å². The summed E-state index contributed by atoms with van der Waals surface area (Å²) in [5.74, 6) is 1.71. The topological polar surface area (TPSA) is 50.6 Å². The van der Waals surface area contributed by atoms with Gasteiger partial charge in [0.25, 0.3) is 0 Å². The van der Waals surface area contributed by atoms with Crippen LogP contribution in [0.1, 0.15) is 39.4 Å². The molecule has 0 amide bonds. The van der Waals surface area contributed by atoms with Gasteiger partial charge in [0, 0.05) is 45.3 Å². The first kappa shape index (κ1) is 22.6. The van der Waals surface area contributed by atoms with Crippen molar-refractivity contribution in [2.45, 2.75) is 38.8 Å². The molecule has 0 saturated carbocycles. The van der Waals surface area contributed by atoms with E-state index < -0.39 is 0 Å². The van der Waals surface area contributed by atoms with Gasteiger partial charge in [0.15, 0.2) is 6.29 Å². The van der Waals surface area contributed by atoms with E-state index in [4.69, 9.17) is 4.74 Å². The summed E-state index contributed by atoms with van der Waals surface area (Å²) in [5, 5.41) is 0. The van der Waals surface area contributed by atoms with Gasteiger partial charge in [0.2, 0.25) is 0 Å². The number of nitrogens with zero attached hydrogens (tertiary/aromatic N) is 4. The number of carbonyl (C=O) groups is 1. The highest BCUT2D eigenvalue weighted by Gasteiger charge is 2.43. The Balaban J connectivity index is 1.51. The van der Waals surface area contributed by atoms with Crippen LogP contribution in [0.5, 0.6) is 5.75 Å². The summed E-state index contributed by atoms with van der Waals surface area (Å²) in [7, 11) is 1.71. The van der Waals surface area contributed by atoms with Crippen molar-refractivity contribution in [3.63, 3.8) is 0 Å². The fraction of sp³-hybridized carbons (Fsp3) is 0.407. The van der Waals surface area contributed by atoms with Crippen LogP contribution in [0.25, 0.3) is 0 Å². The van der Waals surface area contributed by atoms with Gasteiger partial charge >= 0.3 is 0 Å². The lowest BCUT2D eigenvalue weighted by molar-refractivity contribution is 0.0408. The Morgan fingerprint density at radius 2 is 1.79 bits per heavy atom. The fourth-order valence-electron chi connectivity index (χ4n) is 5.85. The minimum absolute atomic E-state index is 0.172. The first-order valence-electron chi connectivity index (χ1n) is 11.9. The van der Waals surface area contributed by atoms with Crippen LogP contribution < -0.4 is 9.64 Å². The maximum atomic E-state index is 14.4. The summed E-state index contributed by atoms with van der Waals surface area (Å²) in [6.45, 7) is 8.07. The SMILES string of the molecule is COc1c(C)cc(C2(N3CCN(c4ccccc4F)CC3)CCc3nc(C=O)cn3C2)cc1C. The summed E-state index contributed by atoms with van der Waals surface area (Å²) >= 11 is 0. The molecule has 1 aromatic heterocycles. The van der Waals surface area contributed by atoms with E-state index >= 15 is 0 Å². The number of hydrogen-bond acceptors (Lipinski definition) is 5. The lowest BCUT2D eigenvalue weighted by Gasteiger charge is -2.50. The van der Waals surface area contributed by atoms with E-state index in [9.17, 15) is 9.18 Å². The zero-order chi connectivity index (χ0) is 23.9. The molecule has 6 nitrogen and oxygen atoms in total. The molecular weight excluding hydrogens is 431 g/mol. The molecule has 3 heterocycles. The van der Waals surface area contributed by atoms with Crippen LogP contribution in [0.2, 0.25) is 0 Å². The van der Waals surface area contributed by atoms with Gasteiger partial charge < -0.3 is 14.2 Å². The number of methoxy groups -OCH3 is 1. The number of para-hydroxylation sites is 1. The van der Waals surface area contributed by atoms with Crippen molar-refractivity contribution >= 4 is 12.0 Å². The Morgan fingerprint density at radius 1 is 1.09 bits per heavy atom. The van der Waals surface area contributed by atoms with Crippen molar-refractivity contribution in [2.24, 2.45) is 0 Å². The van der Waals surface area contributed by atoms with E-state index in [-0.39, 0.29) is 11.4 Å². The van der Waals surface area contributed by atoms with Gasteiger partial charge in [0.1, 0.15) is 23.1 Å². The van der Waals surface area contributed by atoms with Gasteiger partial charge in [-0.3, -0.25) is 9.69 Å². The van der Waals surface area contributed by atoms with Gasteiger partial charge in [0.05, 0.1) is 18.3 Å². The molecule has 1 unspecified atom stereocenters. The maximum absolute atomic E-state index is 14.4. The third-order valence-corrected chi connectivity index (χ3v) is 7.47. The molecule has 5 rings (SSSR count). The fourth-order valence-corrected chi connectivity index (χ4v) is 5.85. The highest BCUT2D eigenvalue weighted by molar-refractivity contribution is 5.71. The molecular formula is C27H31FN4O2. The first-order chi connectivity index (χ1) is 16.4. The van der Waals surface area contributed by atoms with Crippen molar-refractivity contribution in [3.05, 3.63) is 76.6 Å². The molecule has 2 aromatic carbocycles. The van der Waals surface area contributed by atoms with Crippen LogP contribution in [-0.4, -0.2) is 54.0 Å². The van der Waals surface area contributed by atoms with E-state index in [2.05, 4.69) is 45.3 Å². The summed E-state index contributed by atoms with van der Waals surface area (Å²) in [6.07, 6.45) is 4.40. The lowest BCUT2D eigenvalue weighted by Crippen LogP contribution is -2.58. The van der Waals surface area contributed by atoms with E-state index in [0.717, 1.165) is 74.6 Å². The molecule has 178 valence electrons. The van der Waals surface area contributed by atoms with Gasteiger partial charge in [-0.25, -0.2) is 9.37 Å². The van der Waals surface area contributed by atoms with Crippen LogP contribution in [0.3, 0.4) is 0 Å². The van der Waals surface area contributed by atoms with Crippen LogP contribution in [-0.2, 0) is 18.5 Å². The second-order valence-corrected chi connectivity index (χ2v) is 9.43. The minimum Gasteiger partial charge on any atom is -0.496 e. The van der Waals surface area contributed by atoms with Gasteiger partial charge in [-0.05, 0) is 49.1 Å². The zero-order valence-electron chi connectivity index (χ0n) is 20.1. The Morgan fingerprint density at radius 3 is 2.44 bits per heavy atom. The number of fused-ring (bicyclic) bond motifs is 1. The summed E-state index contributed by atoms with van der Waals surface area (Å²) in [4.78, 5) is 20.6. The van der Waals surface area contributed by atoms with Crippen LogP contribution in [0, 0.1) is 19.7 Å². The number of halogens is 1. The van der Waals surface area contributed by atoms with E-state index in [1.54, 1.807) is 13.2 Å². The largest absolute Gasteiger partial charge is 0.496 e. The summed E-state index contributed by atoms with van der Waals surface area (Å²) < 4.78 is 22.2.